The molecule has 0 aliphatic carbocycles. The van der Waals surface area contributed by atoms with Crippen molar-refractivity contribution < 1.29 is 14.1 Å². The summed E-state index contributed by atoms with van der Waals surface area (Å²) < 4.78 is 9.93. The van der Waals surface area contributed by atoms with Crippen LogP contribution in [0.3, 0.4) is 0 Å². The molecule has 94 valence electrons. The Hall–Kier alpha value is -1.40. The number of carbonyl (C=O) groups is 1. The molecule has 0 saturated carbocycles. The summed E-state index contributed by atoms with van der Waals surface area (Å²) in [5.74, 6) is 0.490. The van der Waals surface area contributed by atoms with Crippen LogP contribution < -0.4 is 5.32 Å². The van der Waals surface area contributed by atoms with E-state index in [1.54, 1.807) is 13.2 Å². The molecular formula is C11H17N3O3. The van der Waals surface area contributed by atoms with Crippen LogP contribution in [-0.2, 0) is 11.3 Å². The van der Waals surface area contributed by atoms with Crippen molar-refractivity contribution in [2.75, 3.05) is 26.7 Å². The maximum Gasteiger partial charge on any atom is 0.276 e. The van der Waals surface area contributed by atoms with Gasteiger partial charge in [-0.05, 0) is 6.92 Å². The summed E-state index contributed by atoms with van der Waals surface area (Å²) in [7, 11) is 1.57. The predicted octanol–water partition coefficient (Wildman–Crippen LogP) is 0.255. The third-order valence-electron chi connectivity index (χ3n) is 2.83. The van der Waals surface area contributed by atoms with E-state index in [-0.39, 0.29) is 11.9 Å². The predicted molar refractivity (Wildman–Crippen MR) is 60.6 cm³/mol. The van der Waals surface area contributed by atoms with E-state index in [1.807, 2.05) is 11.8 Å². The van der Waals surface area contributed by atoms with Crippen molar-refractivity contribution in [3.8, 4) is 0 Å². The van der Waals surface area contributed by atoms with Crippen LogP contribution in [-0.4, -0.2) is 48.7 Å². The fraction of sp³-hybridized carbons (Fsp3) is 0.636. The maximum atomic E-state index is 12.2. The molecule has 1 unspecified atom stereocenters. The van der Waals surface area contributed by atoms with Gasteiger partial charge in [-0.15, -0.1) is 0 Å². The maximum absolute atomic E-state index is 12.2. The Labute approximate surface area is 99.9 Å². The molecule has 0 bridgehead atoms. The molecule has 17 heavy (non-hydrogen) atoms. The van der Waals surface area contributed by atoms with E-state index in [9.17, 15) is 4.79 Å². The zero-order chi connectivity index (χ0) is 12.3. The highest BCUT2D eigenvalue weighted by Crippen LogP contribution is 2.11. The molecule has 0 aromatic carbocycles. The van der Waals surface area contributed by atoms with Crippen LogP contribution in [0.15, 0.2) is 10.6 Å². The molecule has 1 aliphatic rings. The fourth-order valence-electron chi connectivity index (χ4n) is 1.91. The minimum absolute atomic E-state index is 0.0786. The minimum atomic E-state index is -0.0786. The van der Waals surface area contributed by atoms with E-state index in [1.165, 1.54) is 0 Å². The third-order valence-corrected chi connectivity index (χ3v) is 2.83. The first-order valence-electron chi connectivity index (χ1n) is 5.68. The Morgan fingerprint density at radius 2 is 2.59 bits per heavy atom. The zero-order valence-electron chi connectivity index (χ0n) is 10.1. The second kappa shape index (κ2) is 5.29. The molecule has 2 heterocycles. The molecule has 1 amide bonds. The lowest BCUT2D eigenvalue weighted by Crippen LogP contribution is -2.52. The van der Waals surface area contributed by atoms with Gasteiger partial charge >= 0.3 is 0 Å². The fourth-order valence-corrected chi connectivity index (χ4v) is 1.91. The van der Waals surface area contributed by atoms with Crippen molar-refractivity contribution >= 4 is 5.91 Å². The number of rotatable bonds is 3. The Balaban J connectivity index is 2.07. The van der Waals surface area contributed by atoms with Crippen molar-refractivity contribution in [1.82, 2.24) is 15.4 Å². The van der Waals surface area contributed by atoms with E-state index >= 15 is 0 Å². The average Bonchev–Trinajstić information content (AvgIpc) is 2.78. The summed E-state index contributed by atoms with van der Waals surface area (Å²) >= 11 is 0. The molecule has 0 spiro atoms. The van der Waals surface area contributed by atoms with Gasteiger partial charge in [0.25, 0.3) is 5.91 Å². The van der Waals surface area contributed by atoms with Crippen LogP contribution in [0.5, 0.6) is 0 Å². The van der Waals surface area contributed by atoms with Gasteiger partial charge in [0, 0.05) is 38.9 Å². The lowest BCUT2D eigenvalue weighted by atomic mass is 10.2. The quantitative estimate of drug-likeness (QED) is 0.819. The molecule has 1 N–H and O–H groups in total. The van der Waals surface area contributed by atoms with Gasteiger partial charge in [-0.3, -0.25) is 4.79 Å². The number of carbonyl (C=O) groups excluding carboxylic acids is 1. The normalized spacial score (nSPS) is 20.6. The first-order chi connectivity index (χ1) is 8.22. The van der Waals surface area contributed by atoms with Crippen molar-refractivity contribution in [3.63, 3.8) is 0 Å². The first-order valence-corrected chi connectivity index (χ1v) is 5.68. The van der Waals surface area contributed by atoms with E-state index in [4.69, 9.17) is 9.26 Å². The van der Waals surface area contributed by atoms with Crippen molar-refractivity contribution in [1.29, 1.82) is 0 Å². The highest BCUT2D eigenvalue weighted by molar-refractivity contribution is 5.92. The first kappa shape index (κ1) is 12.1. The standard InChI is InChI=1S/C11H17N3O3/c1-8-6-12-3-4-14(8)11(15)10-5-9(7-16-2)17-13-10/h5,8,12H,3-4,6-7H2,1-2H3. The number of piperazine rings is 1. The SMILES string of the molecule is COCc1cc(C(=O)N2CCNCC2C)no1. The zero-order valence-corrected chi connectivity index (χ0v) is 10.1. The van der Waals surface area contributed by atoms with Gasteiger partial charge < -0.3 is 19.5 Å². The van der Waals surface area contributed by atoms with E-state index in [0.717, 1.165) is 13.1 Å². The number of hydrogen-bond acceptors (Lipinski definition) is 5. The van der Waals surface area contributed by atoms with Gasteiger partial charge in [0.15, 0.2) is 11.5 Å². The third kappa shape index (κ3) is 2.65. The van der Waals surface area contributed by atoms with Crippen LogP contribution in [0.2, 0.25) is 0 Å². The summed E-state index contributed by atoms with van der Waals surface area (Å²) in [5, 5.41) is 7.02. The average molecular weight is 239 g/mol. The molecule has 2 rings (SSSR count). The topological polar surface area (TPSA) is 67.6 Å². The van der Waals surface area contributed by atoms with Crippen molar-refractivity contribution in [2.24, 2.45) is 0 Å². The molecule has 1 aromatic rings. The second-order valence-corrected chi connectivity index (χ2v) is 4.16. The summed E-state index contributed by atoms with van der Waals surface area (Å²) in [5.41, 5.74) is 0.353. The Morgan fingerprint density at radius 1 is 1.76 bits per heavy atom. The number of nitrogens with zero attached hydrogens (tertiary/aromatic N) is 2. The molecule has 1 aromatic heterocycles. The second-order valence-electron chi connectivity index (χ2n) is 4.16. The number of hydrogen-bond donors (Lipinski definition) is 1. The van der Waals surface area contributed by atoms with Crippen LogP contribution in [0, 0.1) is 0 Å². The van der Waals surface area contributed by atoms with Crippen molar-refractivity contribution in [2.45, 2.75) is 19.6 Å². The largest absolute Gasteiger partial charge is 0.377 e. The smallest absolute Gasteiger partial charge is 0.276 e. The van der Waals surface area contributed by atoms with Gasteiger partial charge in [-0.2, -0.15) is 0 Å². The summed E-state index contributed by atoms with van der Waals surface area (Å²) in [6.07, 6.45) is 0. The number of amides is 1. The van der Waals surface area contributed by atoms with Gasteiger partial charge in [-0.1, -0.05) is 5.16 Å². The number of methoxy groups -OCH3 is 1. The molecule has 6 nitrogen and oxygen atoms in total. The number of ether oxygens (including phenoxy) is 1. The summed E-state index contributed by atoms with van der Waals surface area (Å²) in [6.45, 7) is 4.68. The molecular weight excluding hydrogens is 222 g/mol. The number of nitrogens with one attached hydrogen (secondary N) is 1. The van der Waals surface area contributed by atoms with E-state index in [0.29, 0.717) is 24.6 Å². The van der Waals surface area contributed by atoms with Gasteiger partial charge in [-0.25, -0.2) is 0 Å². The van der Waals surface area contributed by atoms with Gasteiger partial charge in [0.05, 0.1) is 0 Å². The van der Waals surface area contributed by atoms with Gasteiger partial charge in [0.1, 0.15) is 6.61 Å². The van der Waals surface area contributed by atoms with Crippen LogP contribution in [0.1, 0.15) is 23.2 Å². The molecule has 6 heteroatoms. The van der Waals surface area contributed by atoms with Crippen LogP contribution in [0.25, 0.3) is 0 Å². The van der Waals surface area contributed by atoms with E-state index in [2.05, 4.69) is 10.5 Å². The Morgan fingerprint density at radius 3 is 3.29 bits per heavy atom. The molecule has 1 atom stereocenters. The lowest BCUT2D eigenvalue weighted by molar-refractivity contribution is 0.0644. The summed E-state index contributed by atoms with van der Waals surface area (Å²) in [4.78, 5) is 14.0. The van der Waals surface area contributed by atoms with Crippen LogP contribution >= 0.6 is 0 Å². The highest BCUT2D eigenvalue weighted by Gasteiger charge is 2.26. The highest BCUT2D eigenvalue weighted by atomic mass is 16.5. The lowest BCUT2D eigenvalue weighted by Gasteiger charge is -2.33. The van der Waals surface area contributed by atoms with Gasteiger partial charge in [0.2, 0.25) is 0 Å². The summed E-state index contributed by atoms with van der Waals surface area (Å²) in [6, 6.07) is 1.82. The molecule has 0 radical (unpaired) electrons. The van der Waals surface area contributed by atoms with E-state index < -0.39 is 0 Å². The molecule has 1 fully saturated rings. The Kier molecular flexibility index (Phi) is 3.75. The van der Waals surface area contributed by atoms with Crippen molar-refractivity contribution in [3.05, 3.63) is 17.5 Å². The number of aromatic nitrogens is 1. The monoisotopic (exact) mass is 239 g/mol. The Bertz CT molecular complexity index is 391. The molecule has 1 saturated heterocycles. The van der Waals surface area contributed by atoms with Crippen LogP contribution in [0.4, 0.5) is 0 Å². The minimum Gasteiger partial charge on any atom is -0.377 e. The molecule has 1 aliphatic heterocycles.